The number of methoxy groups -OCH3 is 1. The first kappa shape index (κ1) is 29.0. The molecule has 8 heteroatoms. The second kappa shape index (κ2) is 12.3. The van der Waals surface area contributed by atoms with Crippen molar-refractivity contribution in [2.45, 2.75) is 58.4 Å². The quantitative estimate of drug-likeness (QED) is 0.328. The number of amides is 1. The van der Waals surface area contributed by atoms with Crippen molar-refractivity contribution in [1.29, 1.82) is 0 Å². The Morgan fingerprint density at radius 3 is 2.21 bits per heavy atom. The maximum Gasteiger partial charge on any atom is 0.264 e. The number of benzene rings is 3. The highest BCUT2D eigenvalue weighted by atomic mass is 32.2. The number of carbonyl (C=O) groups excluding carboxylic acids is 1. The van der Waals surface area contributed by atoms with Crippen molar-refractivity contribution < 1.29 is 22.7 Å². The minimum Gasteiger partial charge on any atom is -0.496 e. The normalized spacial score (nSPS) is 12.2. The lowest BCUT2D eigenvalue weighted by molar-refractivity contribution is -0.120. The molecule has 0 fully saturated rings. The van der Waals surface area contributed by atoms with Gasteiger partial charge in [-0.3, -0.25) is 9.10 Å². The first-order chi connectivity index (χ1) is 18.0. The lowest BCUT2D eigenvalue weighted by Gasteiger charge is -2.27. The fourth-order valence-electron chi connectivity index (χ4n) is 4.38. The zero-order valence-electron chi connectivity index (χ0n) is 23.2. The van der Waals surface area contributed by atoms with Crippen molar-refractivity contribution in [3.8, 4) is 11.5 Å². The van der Waals surface area contributed by atoms with Crippen LogP contribution in [0.25, 0.3) is 0 Å². The number of anilines is 1. The highest BCUT2D eigenvalue weighted by molar-refractivity contribution is 7.92. The number of ether oxygens (including phenoxy) is 2. The Morgan fingerprint density at radius 1 is 0.947 bits per heavy atom. The molecule has 0 aliphatic heterocycles. The van der Waals surface area contributed by atoms with E-state index in [0.717, 1.165) is 32.3 Å². The SMILES string of the molecule is CCOc1ccccc1N(CC(=O)N[C@H](C)c1cc(C(C)C)c(OC)cc1C)S(=O)(=O)c1ccc(C)cc1. The molecule has 0 aromatic heterocycles. The number of hydrogen-bond donors (Lipinski definition) is 1. The number of nitrogens with one attached hydrogen (secondary N) is 1. The van der Waals surface area contributed by atoms with Crippen molar-refractivity contribution >= 4 is 21.6 Å². The summed E-state index contributed by atoms with van der Waals surface area (Å²) < 4.78 is 40.0. The number of nitrogens with zero attached hydrogens (tertiary/aromatic N) is 1. The summed E-state index contributed by atoms with van der Waals surface area (Å²) in [6, 6.07) is 17.1. The lowest BCUT2D eigenvalue weighted by atomic mass is 9.93. The molecule has 0 saturated carbocycles. The van der Waals surface area contributed by atoms with Crippen molar-refractivity contribution in [3.63, 3.8) is 0 Å². The second-order valence-corrected chi connectivity index (χ2v) is 11.5. The molecule has 0 bridgehead atoms. The van der Waals surface area contributed by atoms with Crippen molar-refractivity contribution in [3.05, 3.63) is 82.9 Å². The predicted octanol–water partition coefficient (Wildman–Crippen LogP) is 5.91. The molecule has 204 valence electrons. The van der Waals surface area contributed by atoms with Gasteiger partial charge in [-0.2, -0.15) is 0 Å². The third-order valence-corrected chi connectivity index (χ3v) is 8.19. The van der Waals surface area contributed by atoms with E-state index in [0.29, 0.717) is 18.0 Å². The molecule has 1 N–H and O–H groups in total. The average molecular weight is 539 g/mol. The van der Waals surface area contributed by atoms with Crippen LogP contribution in [0.2, 0.25) is 0 Å². The van der Waals surface area contributed by atoms with Crippen LogP contribution in [0.15, 0.2) is 65.6 Å². The molecule has 38 heavy (non-hydrogen) atoms. The minimum absolute atomic E-state index is 0.0998. The summed E-state index contributed by atoms with van der Waals surface area (Å²) in [5.41, 5.74) is 4.21. The monoisotopic (exact) mass is 538 g/mol. The number of rotatable bonds is 11. The minimum atomic E-state index is -4.07. The molecule has 0 aliphatic rings. The second-order valence-electron chi connectivity index (χ2n) is 9.62. The number of para-hydroxylation sites is 2. The molecule has 3 aromatic rings. The number of sulfonamides is 1. The highest BCUT2D eigenvalue weighted by Crippen LogP contribution is 2.34. The Hall–Kier alpha value is -3.52. The molecule has 0 aliphatic carbocycles. The third-order valence-electron chi connectivity index (χ3n) is 6.41. The van der Waals surface area contributed by atoms with Gasteiger partial charge in [-0.1, -0.05) is 43.7 Å². The van der Waals surface area contributed by atoms with E-state index < -0.39 is 22.5 Å². The smallest absolute Gasteiger partial charge is 0.264 e. The summed E-state index contributed by atoms with van der Waals surface area (Å²) >= 11 is 0. The molecule has 3 aromatic carbocycles. The van der Waals surface area contributed by atoms with E-state index in [4.69, 9.17) is 9.47 Å². The van der Waals surface area contributed by atoms with Gasteiger partial charge >= 0.3 is 0 Å². The molecule has 7 nitrogen and oxygen atoms in total. The largest absolute Gasteiger partial charge is 0.496 e. The topological polar surface area (TPSA) is 84.9 Å². The molecule has 0 saturated heterocycles. The summed E-state index contributed by atoms with van der Waals surface area (Å²) in [6.07, 6.45) is 0. The van der Waals surface area contributed by atoms with Crippen LogP contribution in [0.1, 0.15) is 61.9 Å². The van der Waals surface area contributed by atoms with Gasteiger partial charge in [0.25, 0.3) is 10.0 Å². The summed E-state index contributed by atoms with van der Waals surface area (Å²) in [5.74, 6) is 1.000. The van der Waals surface area contributed by atoms with Crippen LogP contribution in [0.4, 0.5) is 5.69 Å². The fraction of sp³-hybridized carbons (Fsp3) is 0.367. The van der Waals surface area contributed by atoms with Gasteiger partial charge in [0, 0.05) is 0 Å². The number of aryl methyl sites for hydroxylation is 2. The van der Waals surface area contributed by atoms with Gasteiger partial charge in [0.2, 0.25) is 5.91 Å². The van der Waals surface area contributed by atoms with Gasteiger partial charge < -0.3 is 14.8 Å². The van der Waals surface area contributed by atoms with Gasteiger partial charge in [0.05, 0.1) is 30.3 Å². The first-order valence-corrected chi connectivity index (χ1v) is 14.2. The van der Waals surface area contributed by atoms with Gasteiger partial charge in [-0.15, -0.1) is 0 Å². The Balaban J connectivity index is 1.97. The van der Waals surface area contributed by atoms with Crippen LogP contribution in [-0.2, 0) is 14.8 Å². The molecule has 3 rings (SSSR count). The van der Waals surface area contributed by atoms with Crippen molar-refractivity contribution in [1.82, 2.24) is 5.32 Å². The zero-order chi connectivity index (χ0) is 28.0. The number of carbonyl (C=O) groups is 1. The molecule has 1 atom stereocenters. The zero-order valence-corrected chi connectivity index (χ0v) is 24.1. The van der Waals surface area contributed by atoms with Gasteiger partial charge in [-0.05, 0) is 86.7 Å². The highest BCUT2D eigenvalue weighted by Gasteiger charge is 2.30. The van der Waals surface area contributed by atoms with E-state index in [9.17, 15) is 13.2 Å². The van der Waals surface area contributed by atoms with Crippen molar-refractivity contribution in [2.24, 2.45) is 0 Å². The van der Waals surface area contributed by atoms with Crippen LogP contribution >= 0.6 is 0 Å². The van der Waals surface area contributed by atoms with Crippen LogP contribution in [0.5, 0.6) is 11.5 Å². The Kier molecular flexibility index (Phi) is 9.44. The van der Waals surface area contributed by atoms with Crippen LogP contribution in [0, 0.1) is 13.8 Å². The molecule has 0 radical (unpaired) electrons. The van der Waals surface area contributed by atoms with Crippen LogP contribution < -0.4 is 19.1 Å². The predicted molar refractivity (Wildman–Crippen MR) is 152 cm³/mol. The van der Waals surface area contributed by atoms with E-state index in [1.54, 1.807) is 55.6 Å². The Morgan fingerprint density at radius 2 is 1.61 bits per heavy atom. The summed E-state index contributed by atoms with van der Waals surface area (Å²) in [6.45, 7) is 11.7. The fourth-order valence-corrected chi connectivity index (χ4v) is 5.81. The Bertz CT molecular complexity index is 1370. The van der Waals surface area contributed by atoms with Gasteiger partial charge in [-0.25, -0.2) is 8.42 Å². The molecular formula is C30H38N2O5S. The molecule has 0 spiro atoms. The van der Waals surface area contributed by atoms with E-state index in [-0.39, 0.29) is 16.9 Å². The average Bonchev–Trinajstić information content (AvgIpc) is 2.87. The van der Waals surface area contributed by atoms with Crippen molar-refractivity contribution in [2.75, 3.05) is 24.6 Å². The summed E-state index contributed by atoms with van der Waals surface area (Å²) in [5, 5.41) is 3.00. The Labute approximate surface area is 226 Å². The van der Waals surface area contributed by atoms with E-state index in [1.165, 1.54) is 0 Å². The van der Waals surface area contributed by atoms with Crippen LogP contribution in [0.3, 0.4) is 0 Å². The summed E-state index contributed by atoms with van der Waals surface area (Å²) in [4.78, 5) is 13.5. The maximum absolute atomic E-state index is 13.8. The molecule has 0 heterocycles. The number of hydrogen-bond acceptors (Lipinski definition) is 5. The standard InChI is InChI=1S/C30H38N2O5S/c1-8-37-28-12-10-9-11-27(28)32(38(34,35)24-15-13-21(4)14-16-24)19-30(33)31-23(6)26-18-25(20(2)3)29(36-7)17-22(26)5/h9-18,20,23H,8,19H2,1-7H3,(H,31,33)/t23-/m1/s1. The lowest BCUT2D eigenvalue weighted by Crippen LogP contribution is -2.41. The third kappa shape index (κ3) is 6.48. The molecule has 1 amide bonds. The maximum atomic E-state index is 13.8. The first-order valence-electron chi connectivity index (χ1n) is 12.8. The van der Waals surface area contributed by atoms with Crippen LogP contribution in [-0.4, -0.2) is 34.6 Å². The summed E-state index contributed by atoms with van der Waals surface area (Å²) in [7, 11) is -2.42. The molecular weight excluding hydrogens is 500 g/mol. The van der Waals surface area contributed by atoms with E-state index in [2.05, 4.69) is 25.2 Å². The van der Waals surface area contributed by atoms with E-state index in [1.807, 2.05) is 33.8 Å². The van der Waals surface area contributed by atoms with Gasteiger partial charge in [0.1, 0.15) is 18.0 Å². The molecule has 0 unspecified atom stereocenters. The van der Waals surface area contributed by atoms with Gasteiger partial charge in [0.15, 0.2) is 0 Å². The van der Waals surface area contributed by atoms with E-state index >= 15 is 0 Å².